The van der Waals surface area contributed by atoms with E-state index in [9.17, 15) is 19.5 Å². The Morgan fingerprint density at radius 3 is 2.54 bits per heavy atom. The van der Waals surface area contributed by atoms with Crippen molar-refractivity contribution in [2.24, 2.45) is 5.92 Å². The topological polar surface area (TPSA) is 102 Å². The van der Waals surface area contributed by atoms with Crippen molar-refractivity contribution >= 4 is 17.7 Å². The van der Waals surface area contributed by atoms with Crippen LogP contribution in [0.5, 0.6) is 11.5 Å². The number of amides is 1. The Bertz CT molecular complexity index is 848. The highest BCUT2D eigenvalue weighted by molar-refractivity contribution is 5.94. The van der Waals surface area contributed by atoms with Gasteiger partial charge < -0.3 is 19.9 Å². The first kappa shape index (κ1) is 21.0. The van der Waals surface area contributed by atoms with Crippen molar-refractivity contribution in [2.75, 3.05) is 20.3 Å². The number of carbonyl (C=O) groups excluding carboxylic acids is 2. The van der Waals surface area contributed by atoms with Crippen molar-refractivity contribution in [1.29, 1.82) is 0 Å². The van der Waals surface area contributed by atoms with Crippen LogP contribution in [0.3, 0.4) is 0 Å². The zero-order valence-electron chi connectivity index (χ0n) is 15.8. The van der Waals surface area contributed by atoms with Gasteiger partial charge in [-0.15, -0.1) is 0 Å². The van der Waals surface area contributed by atoms with Crippen molar-refractivity contribution in [3.05, 3.63) is 59.7 Å². The molecule has 0 saturated carbocycles. The maximum Gasteiger partial charge on any atom is 0.308 e. The van der Waals surface area contributed by atoms with Crippen LogP contribution in [0, 0.1) is 5.92 Å². The molecule has 0 saturated heterocycles. The number of ketones is 1. The number of ether oxygens (including phenoxy) is 2. The minimum atomic E-state index is -1.01. The summed E-state index contributed by atoms with van der Waals surface area (Å²) < 4.78 is 10.6. The average molecular weight is 385 g/mol. The van der Waals surface area contributed by atoms with Crippen molar-refractivity contribution in [1.82, 2.24) is 5.32 Å². The number of carboxylic acid groups (broad SMARTS) is 1. The summed E-state index contributed by atoms with van der Waals surface area (Å²) in [5, 5.41) is 12.0. The van der Waals surface area contributed by atoms with E-state index in [0.717, 1.165) is 5.56 Å². The second-order valence-electron chi connectivity index (χ2n) is 6.23. The lowest BCUT2D eigenvalue weighted by atomic mass is 9.98. The second kappa shape index (κ2) is 10.1. The number of benzene rings is 2. The van der Waals surface area contributed by atoms with Crippen LogP contribution in [0.4, 0.5) is 0 Å². The Hall–Kier alpha value is -3.35. The highest BCUT2D eigenvalue weighted by Crippen LogP contribution is 2.21. The molecule has 0 heterocycles. The van der Waals surface area contributed by atoms with E-state index in [4.69, 9.17) is 9.47 Å². The number of aliphatic carboxylic acids is 1. The van der Waals surface area contributed by atoms with Crippen molar-refractivity contribution in [3.8, 4) is 11.5 Å². The monoisotopic (exact) mass is 385 g/mol. The summed E-state index contributed by atoms with van der Waals surface area (Å²) in [7, 11) is 1.52. The molecule has 28 heavy (non-hydrogen) atoms. The fourth-order valence-electron chi connectivity index (χ4n) is 2.63. The molecule has 2 rings (SSSR count). The van der Waals surface area contributed by atoms with Gasteiger partial charge in [0.2, 0.25) is 0 Å². The van der Waals surface area contributed by atoms with Crippen molar-refractivity contribution in [2.45, 2.75) is 13.3 Å². The van der Waals surface area contributed by atoms with E-state index in [-0.39, 0.29) is 25.4 Å². The molecule has 0 bridgehead atoms. The second-order valence-corrected chi connectivity index (χ2v) is 6.23. The average Bonchev–Trinajstić information content (AvgIpc) is 2.69. The number of hydrogen-bond donors (Lipinski definition) is 2. The lowest BCUT2D eigenvalue weighted by molar-refractivity contribution is -0.141. The maximum absolute atomic E-state index is 12.0. The first-order valence-electron chi connectivity index (χ1n) is 8.76. The quantitative estimate of drug-likeness (QED) is 0.609. The summed E-state index contributed by atoms with van der Waals surface area (Å²) in [4.78, 5) is 34.9. The molecule has 0 fully saturated rings. The van der Waals surface area contributed by atoms with E-state index >= 15 is 0 Å². The Kier molecular flexibility index (Phi) is 7.56. The molecular weight excluding hydrogens is 362 g/mol. The van der Waals surface area contributed by atoms with Crippen molar-refractivity contribution in [3.63, 3.8) is 0 Å². The van der Waals surface area contributed by atoms with Crippen LogP contribution in [0.1, 0.15) is 22.8 Å². The molecule has 0 aliphatic heterocycles. The van der Waals surface area contributed by atoms with Gasteiger partial charge in [0, 0.05) is 12.1 Å². The Balaban J connectivity index is 1.89. The molecule has 148 valence electrons. The van der Waals surface area contributed by atoms with Crippen LogP contribution in [0.25, 0.3) is 0 Å². The minimum Gasteiger partial charge on any atom is -0.496 e. The van der Waals surface area contributed by atoms with Crippen LogP contribution < -0.4 is 14.8 Å². The van der Waals surface area contributed by atoms with Gasteiger partial charge in [-0.3, -0.25) is 14.4 Å². The predicted octanol–water partition coefficient (Wildman–Crippen LogP) is 2.34. The van der Waals surface area contributed by atoms with Gasteiger partial charge in [-0.25, -0.2) is 0 Å². The fraction of sp³-hybridized carbons (Fsp3) is 0.286. The normalized spacial score (nSPS) is 11.4. The van der Waals surface area contributed by atoms with Gasteiger partial charge in [-0.2, -0.15) is 0 Å². The smallest absolute Gasteiger partial charge is 0.308 e. The molecule has 2 aromatic rings. The third kappa shape index (κ3) is 6.12. The van der Waals surface area contributed by atoms with Gasteiger partial charge in [0.25, 0.3) is 5.91 Å². The molecular formula is C21H23NO6. The number of para-hydroxylation sites is 1. The van der Waals surface area contributed by atoms with Crippen LogP contribution >= 0.6 is 0 Å². The van der Waals surface area contributed by atoms with Gasteiger partial charge in [0.15, 0.2) is 12.4 Å². The van der Waals surface area contributed by atoms with Gasteiger partial charge >= 0.3 is 5.97 Å². The summed E-state index contributed by atoms with van der Waals surface area (Å²) in [6.45, 7) is 1.13. The number of Topliss-reactive ketones (excluding diaryl/α,β-unsaturated/α-hetero) is 1. The van der Waals surface area contributed by atoms with Gasteiger partial charge in [-0.05, 0) is 37.1 Å². The molecule has 1 amide bonds. The summed E-state index contributed by atoms with van der Waals surface area (Å²) in [5.41, 5.74) is 1.24. The van der Waals surface area contributed by atoms with Crippen molar-refractivity contribution < 1.29 is 29.0 Å². The molecule has 0 aromatic heterocycles. The predicted molar refractivity (Wildman–Crippen MR) is 103 cm³/mol. The largest absolute Gasteiger partial charge is 0.496 e. The molecule has 0 aliphatic rings. The fourth-order valence-corrected chi connectivity index (χ4v) is 2.63. The standard InChI is InChI=1S/C21H23NO6/c1-14(23)15-7-5-8-18(11-15)28-13-20(24)22-12-17(21(25)26)10-16-6-3-4-9-19(16)27-2/h3-9,11,17H,10,12-13H2,1-2H3,(H,22,24)(H,25,26). The Morgan fingerprint density at radius 2 is 1.86 bits per heavy atom. The highest BCUT2D eigenvalue weighted by Gasteiger charge is 2.20. The Labute approximate surface area is 163 Å². The highest BCUT2D eigenvalue weighted by atomic mass is 16.5. The Morgan fingerprint density at radius 1 is 1.11 bits per heavy atom. The van der Waals surface area contributed by atoms with E-state index in [2.05, 4.69) is 5.32 Å². The van der Waals surface area contributed by atoms with Gasteiger partial charge in [-0.1, -0.05) is 30.3 Å². The van der Waals surface area contributed by atoms with E-state index in [1.807, 2.05) is 0 Å². The summed E-state index contributed by atoms with van der Waals surface area (Å²) >= 11 is 0. The van der Waals surface area contributed by atoms with Gasteiger partial charge in [0.05, 0.1) is 13.0 Å². The lowest BCUT2D eigenvalue weighted by Gasteiger charge is -2.15. The number of nitrogens with one attached hydrogen (secondary N) is 1. The minimum absolute atomic E-state index is 0.0386. The molecule has 2 aromatic carbocycles. The third-order valence-electron chi connectivity index (χ3n) is 4.16. The van der Waals surface area contributed by atoms with E-state index in [1.165, 1.54) is 14.0 Å². The first-order valence-corrected chi connectivity index (χ1v) is 8.76. The van der Waals surface area contributed by atoms with Crippen LogP contribution in [-0.2, 0) is 16.0 Å². The number of carbonyl (C=O) groups is 3. The molecule has 7 heteroatoms. The molecule has 0 radical (unpaired) electrons. The molecule has 2 N–H and O–H groups in total. The van der Waals surface area contributed by atoms with Crippen LogP contribution in [0.2, 0.25) is 0 Å². The number of rotatable bonds is 10. The van der Waals surface area contributed by atoms with E-state index in [0.29, 0.717) is 17.1 Å². The molecule has 0 spiro atoms. The zero-order valence-corrected chi connectivity index (χ0v) is 15.8. The molecule has 0 aliphatic carbocycles. The van der Waals surface area contributed by atoms with Gasteiger partial charge in [0.1, 0.15) is 11.5 Å². The first-order chi connectivity index (χ1) is 13.4. The molecule has 7 nitrogen and oxygen atoms in total. The zero-order chi connectivity index (χ0) is 20.5. The third-order valence-corrected chi connectivity index (χ3v) is 4.16. The lowest BCUT2D eigenvalue weighted by Crippen LogP contribution is -2.36. The SMILES string of the molecule is COc1ccccc1CC(CNC(=O)COc1cccc(C(C)=O)c1)C(=O)O. The maximum atomic E-state index is 12.0. The summed E-state index contributed by atoms with van der Waals surface area (Å²) in [6, 6.07) is 13.7. The van der Waals surface area contributed by atoms with Crippen LogP contribution in [-0.4, -0.2) is 43.0 Å². The number of methoxy groups -OCH3 is 1. The summed E-state index contributed by atoms with van der Waals surface area (Å²) in [5.74, 6) is -1.36. The van der Waals surface area contributed by atoms with E-state index in [1.54, 1.807) is 48.5 Å². The molecule has 1 atom stereocenters. The summed E-state index contributed by atoms with van der Waals surface area (Å²) in [6.07, 6.45) is 0.223. The van der Waals surface area contributed by atoms with E-state index < -0.39 is 17.8 Å². The molecule has 1 unspecified atom stereocenters. The number of hydrogen-bond acceptors (Lipinski definition) is 5. The number of carboxylic acids is 1. The van der Waals surface area contributed by atoms with Crippen LogP contribution in [0.15, 0.2) is 48.5 Å².